The molecule has 0 heterocycles. The Morgan fingerprint density at radius 2 is 2.00 bits per heavy atom. The van der Waals surface area contributed by atoms with Crippen molar-refractivity contribution in [2.24, 2.45) is 0 Å². The van der Waals surface area contributed by atoms with Crippen molar-refractivity contribution in [3.8, 4) is 0 Å². The predicted octanol–water partition coefficient (Wildman–Crippen LogP) is 1.50. The molecule has 0 aromatic heterocycles. The Hall–Kier alpha value is -1.84. The SMILES string of the molecule is O=C(O)c1cccc2c1CCC2C(=O)O. The zero-order valence-corrected chi connectivity index (χ0v) is 7.93. The van der Waals surface area contributed by atoms with E-state index in [2.05, 4.69) is 0 Å². The van der Waals surface area contributed by atoms with E-state index in [-0.39, 0.29) is 5.56 Å². The van der Waals surface area contributed by atoms with Crippen molar-refractivity contribution >= 4 is 11.9 Å². The predicted molar refractivity (Wildman–Crippen MR) is 52.1 cm³/mol. The third kappa shape index (κ3) is 1.48. The van der Waals surface area contributed by atoms with Crippen molar-refractivity contribution in [1.82, 2.24) is 0 Å². The second kappa shape index (κ2) is 3.38. The molecule has 1 aromatic rings. The number of benzene rings is 1. The van der Waals surface area contributed by atoms with Gasteiger partial charge in [-0.1, -0.05) is 12.1 Å². The van der Waals surface area contributed by atoms with Gasteiger partial charge in [0.05, 0.1) is 11.5 Å². The van der Waals surface area contributed by atoms with Gasteiger partial charge >= 0.3 is 11.9 Å². The van der Waals surface area contributed by atoms with Gasteiger partial charge in [0.1, 0.15) is 0 Å². The van der Waals surface area contributed by atoms with Gasteiger partial charge in [-0.15, -0.1) is 0 Å². The van der Waals surface area contributed by atoms with Gasteiger partial charge in [-0.2, -0.15) is 0 Å². The topological polar surface area (TPSA) is 74.6 Å². The molecule has 2 rings (SSSR count). The zero-order valence-electron chi connectivity index (χ0n) is 7.93. The van der Waals surface area contributed by atoms with Crippen LogP contribution in [0.15, 0.2) is 18.2 Å². The molecule has 0 bridgehead atoms. The van der Waals surface area contributed by atoms with Gasteiger partial charge in [0.15, 0.2) is 0 Å². The molecule has 0 radical (unpaired) electrons. The number of aliphatic carboxylic acids is 1. The summed E-state index contributed by atoms with van der Waals surface area (Å²) in [5.74, 6) is -2.41. The molecule has 1 aromatic carbocycles. The summed E-state index contributed by atoms with van der Waals surface area (Å²) in [5.41, 5.74) is 1.57. The minimum atomic E-state index is -0.988. The van der Waals surface area contributed by atoms with Gasteiger partial charge in [0.2, 0.25) is 0 Å². The van der Waals surface area contributed by atoms with Crippen LogP contribution in [0, 0.1) is 0 Å². The van der Waals surface area contributed by atoms with E-state index in [1.54, 1.807) is 12.1 Å². The fourth-order valence-electron chi connectivity index (χ4n) is 2.11. The monoisotopic (exact) mass is 206 g/mol. The van der Waals surface area contributed by atoms with E-state index in [9.17, 15) is 9.59 Å². The second-order valence-corrected chi connectivity index (χ2v) is 3.61. The van der Waals surface area contributed by atoms with E-state index in [0.29, 0.717) is 24.0 Å². The number of hydrogen-bond donors (Lipinski definition) is 2. The summed E-state index contributed by atoms with van der Waals surface area (Å²) >= 11 is 0. The highest BCUT2D eigenvalue weighted by molar-refractivity contribution is 5.91. The molecule has 1 aliphatic carbocycles. The van der Waals surface area contributed by atoms with Gasteiger partial charge in [0.25, 0.3) is 0 Å². The summed E-state index contributed by atoms with van der Waals surface area (Å²) in [6.07, 6.45) is 1.03. The van der Waals surface area contributed by atoms with E-state index in [1.807, 2.05) is 0 Å². The lowest BCUT2D eigenvalue weighted by Gasteiger charge is -2.06. The maximum absolute atomic E-state index is 10.9. The van der Waals surface area contributed by atoms with Crippen molar-refractivity contribution in [3.63, 3.8) is 0 Å². The highest BCUT2D eigenvalue weighted by Gasteiger charge is 2.30. The van der Waals surface area contributed by atoms with Crippen LogP contribution in [-0.4, -0.2) is 22.2 Å². The van der Waals surface area contributed by atoms with Crippen molar-refractivity contribution < 1.29 is 19.8 Å². The van der Waals surface area contributed by atoms with Crippen LogP contribution in [0.1, 0.15) is 33.8 Å². The zero-order chi connectivity index (χ0) is 11.0. The number of aromatic carboxylic acids is 1. The minimum Gasteiger partial charge on any atom is -0.481 e. The molecule has 1 atom stereocenters. The molecule has 0 amide bonds. The molecule has 1 aliphatic rings. The highest BCUT2D eigenvalue weighted by atomic mass is 16.4. The van der Waals surface area contributed by atoms with Crippen LogP contribution < -0.4 is 0 Å². The first-order valence-corrected chi connectivity index (χ1v) is 4.69. The molecule has 1 unspecified atom stereocenters. The van der Waals surface area contributed by atoms with E-state index in [0.717, 1.165) is 0 Å². The molecule has 2 N–H and O–H groups in total. The first-order chi connectivity index (χ1) is 7.11. The summed E-state index contributed by atoms with van der Waals surface area (Å²) in [7, 11) is 0. The van der Waals surface area contributed by atoms with Gasteiger partial charge in [0, 0.05) is 0 Å². The molecule has 0 spiro atoms. The first-order valence-electron chi connectivity index (χ1n) is 4.69. The Kier molecular flexibility index (Phi) is 2.19. The first kappa shape index (κ1) is 9.71. The fourth-order valence-corrected chi connectivity index (χ4v) is 2.11. The smallest absolute Gasteiger partial charge is 0.335 e. The maximum Gasteiger partial charge on any atom is 0.335 e. The fraction of sp³-hybridized carbons (Fsp3) is 0.273. The average molecular weight is 206 g/mol. The molecule has 78 valence electrons. The number of carboxylic acid groups (broad SMARTS) is 2. The van der Waals surface area contributed by atoms with E-state index >= 15 is 0 Å². The average Bonchev–Trinajstić information content (AvgIpc) is 2.59. The van der Waals surface area contributed by atoms with Crippen LogP contribution in [0.4, 0.5) is 0 Å². The third-order valence-corrected chi connectivity index (χ3v) is 2.80. The summed E-state index contributed by atoms with van der Waals surface area (Å²) in [6.45, 7) is 0. The van der Waals surface area contributed by atoms with Gasteiger partial charge in [-0.05, 0) is 30.0 Å². The molecular weight excluding hydrogens is 196 g/mol. The van der Waals surface area contributed by atoms with E-state index in [1.165, 1.54) is 6.07 Å². The molecule has 0 aliphatic heterocycles. The molecule has 15 heavy (non-hydrogen) atoms. The third-order valence-electron chi connectivity index (χ3n) is 2.80. The summed E-state index contributed by atoms with van der Waals surface area (Å²) in [4.78, 5) is 21.8. The van der Waals surface area contributed by atoms with Gasteiger partial charge in [-0.25, -0.2) is 4.79 Å². The van der Waals surface area contributed by atoms with Crippen LogP contribution >= 0.6 is 0 Å². The largest absolute Gasteiger partial charge is 0.481 e. The maximum atomic E-state index is 10.9. The van der Waals surface area contributed by atoms with E-state index in [4.69, 9.17) is 10.2 Å². The lowest BCUT2D eigenvalue weighted by molar-refractivity contribution is -0.138. The number of fused-ring (bicyclic) bond motifs is 1. The summed E-state index contributed by atoms with van der Waals surface area (Å²) in [5, 5.41) is 17.9. The van der Waals surface area contributed by atoms with E-state index < -0.39 is 17.9 Å². The standard InChI is InChI=1S/C11H10O4/c12-10(13)8-3-1-2-6-7(8)4-5-9(6)11(14)15/h1-3,9H,4-5H2,(H,12,13)(H,14,15). The number of carboxylic acids is 2. The second-order valence-electron chi connectivity index (χ2n) is 3.61. The Morgan fingerprint density at radius 1 is 1.27 bits per heavy atom. The minimum absolute atomic E-state index is 0.233. The summed E-state index contributed by atoms with van der Waals surface area (Å²) < 4.78 is 0. The molecule has 4 heteroatoms. The lowest BCUT2D eigenvalue weighted by atomic mass is 9.99. The van der Waals surface area contributed by atoms with Crippen LogP contribution in [0.5, 0.6) is 0 Å². The Bertz CT molecular complexity index is 436. The van der Waals surface area contributed by atoms with Crippen LogP contribution in [-0.2, 0) is 11.2 Å². The summed E-state index contributed by atoms with van der Waals surface area (Å²) in [6, 6.07) is 4.82. The van der Waals surface area contributed by atoms with Crippen molar-refractivity contribution in [2.45, 2.75) is 18.8 Å². The quantitative estimate of drug-likeness (QED) is 0.768. The Labute approximate surface area is 86.2 Å². The van der Waals surface area contributed by atoms with Crippen molar-refractivity contribution in [3.05, 3.63) is 34.9 Å². The number of hydrogen-bond acceptors (Lipinski definition) is 2. The normalized spacial score (nSPS) is 18.5. The van der Waals surface area contributed by atoms with Crippen LogP contribution in [0.25, 0.3) is 0 Å². The van der Waals surface area contributed by atoms with Crippen LogP contribution in [0.3, 0.4) is 0 Å². The molecular formula is C11H10O4. The molecule has 0 saturated carbocycles. The van der Waals surface area contributed by atoms with Crippen molar-refractivity contribution in [2.75, 3.05) is 0 Å². The Morgan fingerprint density at radius 3 is 2.60 bits per heavy atom. The molecule has 0 fully saturated rings. The lowest BCUT2D eigenvalue weighted by Crippen LogP contribution is -2.08. The van der Waals surface area contributed by atoms with Gasteiger partial charge < -0.3 is 10.2 Å². The highest BCUT2D eigenvalue weighted by Crippen LogP contribution is 2.35. The van der Waals surface area contributed by atoms with Crippen LogP contribution in [0.2, 0.25) is 0 Å². The van der Waals surface area contributed by atoms with Gasteiger partial charge in [-0.3, -0.25) is 4.79 Å². The molecule has 0 saturated heterocycles. The molecule has 4 nitrogen and oxygen atoms in total. The number of rotatable bonds is 2. The van der Waals surface area contributed by atoms with Crippen molar-refractivity contribution in [1.29, 1.82) is 0 Å². The Balaban J connectivity index is 2.52. The number of carbonyl (C=O) groups is 2.